The summed E-state index contributed by atoms with van der Waals surface area (Å²) >= 11 is 0. The van der Waals surface area contributed by atoms with Crippen molar-refractivity contribution in [2.75, 3.05) is 6.61 Å². The highest BCUT2D eigenvalue weighted by Gasteiger charge is 2.11. The lowest BCUT2D eigenvalue weighted by atomic mass is 9.96. The van der Waals surface area contributed by atoms with E-state index in [1.807, 2.05) is 0 Å². The van der Waals surface area contributed by atoms with Crippen LogP contribution in [0.4, 0.5) is 0 Å². The third-order valence-corrected chi connectivity index (χ3v) is 3.28. The highest BCUT2D eigenvalue weighted by Crippen LogP contribution is 2.23. The number of hydrogen-bond acceptors (Lipinski definition) is 3. The van der Waals surface area contributed by atoms with Crippen LogP contribution in [0.15, 0.2) is 11.0 Å². The van der Waals surface area contributed by atoms with Gasteiger partial charge < -0.3 is 0 Å². The zero-order valence-corrected chi connectivity index (χ0v) is 8.77. The monoisotopic (exact) mass is 204 g/mol. The van der Waals surface area contributed by atoms with Gasteiger partial charge in [0.1, 0.15) is 0 Å². The van der Waals surface area contributed by atoms with Crippen LogP contribution in [0, 0.1) is 0 Å². The normalized spacial score (nSPS) is 18.7. The standard InChI is InChI=1S/C9H16O3S/c1-2-12-13(10,11)8-9-6-4-3-5-7-9/h8H,2-7H2,1H3. The number of rotatable bonds is 3. The number of allylic oxidation sites excluding steroid dienone is 1. The molecule has 0 amide bonds. The highest BCUT2D eigenvalue weighted by molar-refractivity contribution is 7.89. The molecule has 0 unspecified atom stereocenters. The molecule has 1 fully saturated rings. The fourth-order valence-electron chi connectivity index (χ4n) is 1.53. The third kappa shape index (κ3) is 3.91. The molecule has 0 aromatic carbocycles. The van der Waals surface area contributed by atoms with Crippen LogP contribution in [0.25, 0.3) is 0 Å². The Morgan fingerprint density at radius 1 is 1.31 bits per heavy atom. The van der Waals surface area contributed by atoms with Crippen molar-refractivity contribution in [3.63, 3.8) is 0 Å². The van der Waals surface area contributed by atoms with Crippen molar-refractivity contribution in [2.24, 2.45) is 0 Å². The Morgan fingerprint density at radius 2 is 1.92 bits per heavy atom. The van der Waals surface area contributed by atoms with Crippen LogP contribution in [0.2, 0.25) is 0 Å². The molecule has 1 saturated carbocycles. The molecule has 4 heteroatoms. The summed E-state index contributed by atoms with van der Waals surface area (Å²) in [5.74, 6) is 0. The Hall–Kier alpha value is -0.350. The van der Waals surface area contributed by atoms with Crippen LogP contribution in [0.3, 0.4) is 0 Å². The molecule has 0 aliphatic heterocycles. The van der Waals surface area contributed by atoms with E-state index in [2.05, 4.69) is 4.18 Å². The van der Waals surface area contributed by atoms with Crippen LogP contribution < -0.4 is 0 Å². The molecule has 0 spiro atoms. The molecular formula is C9H16O3S. The van der Waals surface area contributed by atoms with Gasteiger partial charge in [-0.15, -0.1) is 0 Å². The Labute approximate surface area is 79.9 Å². The molecule has 0 radical (unpaired) electrons. The summed E-state index contributed by atoms with van der Waals surface area (Å²) in [6.07, 6.45) is 5.24. The van der Waals surface area contributed by atoms with Gasteiger partial charge in [0.05, 0.1) is 12.0 Å². The van der Waals surface area contributed by atoms with E-state index >= 15 is 0 Å². The summed E-state index contributed by atoms with van der Waals surface area (Å²) in [5, 5.41) is 1.30. The van der Waals surface area contributed by atoms with Gasteiger partial charge in [-0.2, -0.15) is 8.42 Å². The molecule has 1 aliphatic rings. The molecule has 76 valence electrons. The van der Waals surface area contributed by atoms with Crippen LogP contribution in [0.5, 0.6) is 0 Å². The lowest BCUT2D eigenvalue weighted by molar-refractivity contribution is 0.344. The van der Waals surface area contributed by atoms with Gasteiger partial charge in [-0.3, -0.25) is 4.18 Å². The van der Waals surface area contributed by atoms with Crippen molar-refractivity contribution in [2.45, 2.75) is 39.0 Å². The maximum absolute atomic E-state index is 11.2. The lowest BCUT2D eigenvalue weighted by Crippen LogP contribution is -2.04. The van der Waals surface area contributed by atoms with E-state index in [4.69, 9.17) is 0 Å². The van der Waals surface area contributed by atoms with Crippen LogP contribution >= 0.6 is 0 Å². The highest BCUT2D eigenvalue weighted by atomic mass is 32.2. The van der Waals surface area contributed by atoms with Gasteiger partial charge in [0.2, 0.25) is 0 Å². The Kier molecular flexibility index (Phi) is 3.93. The molecule has 0 aromatic heterocycles. The first-order valence-electron chi connectivity index (χ1n) is 4.73. The Morgan fingerprint density at radius 3 is 2.46 bits per heavy atom. The third-order valence-electron chi connectivity index (χ3n) is 2.09. The maximum Gasteiger partial charge on any atom is 0.290 e. The molecule has 0 heterocycles. The minimum absolute atomic E-state index is 0.214. The van der Waals surface area contributed by atoms with Crippen LogP contribution in [-0.4, -0.2) is 15.0 Å². The van der Waals surface area contributed by atoms with Crippen molar-refractivity contribution in [1.29, 1.82) is 0 Å². The van der Waals surface area contributed by atoms with Gasteiger partial charge in [0.25, 0.3) is 10.1 Å². The van der Waals surface area contributed by atoms with E-state index < -0.39 is 10.1 Å². The van der Waals surface area contributed by atoms with E-state index in [0.29, 0.717) is 0 Å². The molecule has 1 rings (SSSR count). The number of hydrogen-bond donors (Lipinski definition) is 0. The average molecular weight is 204 g/mol. The minimum Gasteiger partial charge on any atom is -0.267 e. The summed E-state index contributed by atoms with van der Waals surface area (Å²) < 4.78 is 27.0. The fraction of sp³-hybridized carbons (Fsp3) is 0.778. The zero-order chi connectivity index (χ0) is 9.73. The van der Waals surface area contributed by atoms with Gasteiger partial charge in [0.15, 0.2) is 0 Å². The van der Waals surface area contributed by atoms with Gasteiger partial charge >= 0.3 is 0 Å². The first kappa shape index (κ1) is 10.7. The van der Waals surface area contributed by atoms with E-state index in [1.54, 1.807) is 6.92 Å². The van der Waals surface area contributed by atoms with Crippen molar-refractivity contribution in [1.82, 2.24) is 0 Å². The molecule has 0 bridgehead atoms. The van der Waals surface area contributed by atoms with Crippen LogP contribution in [0.1, 0.15) is 39.0 Å². The second-order valence-electron chi connectivity index (χ2n) is 3.24. The first-order chi connectivity index (χ1) is 6.14. The van der Waals surface area contributed by atoms with E-state index in [0.717, 1.165) is 31.3 Å². The molecule has 0 N–H and O–H groups in total. The Balaban J connectivity index is 2.62. The molecule has 0 atom stereocenters. The molecule has 1 aliphatic carbocycles. The molecule has 0 saturated heterocycles. The minimum atomic E-state index is -3.39. The van der Waals surface area contributed by atoms with Crippen molar-refractivity contribution >= 4 is 10.1 Å². The summed E-state index contributed by atoms with van der Waals surface area (Å²) in [4.78, 5) is 0. The van der Waals surface area contributed by atoms with E-state index in [9.17, 15) is 8.42 Å². The van der Waals surface area contributed by atoms with Gasteiger partial charge in [-0.05, 0) is 32.6 Å². The second-order valence-corrected chi connectivity index (χ2v) is 4.69. The molecule has 3 nitrogen and oxygen atoms in total. The summed E-state index contributed by atoms with van der Waals surface area (Å²) in [7, 11) is -3.39. The molecular weight excluding hydrogens is 188 g/mol. The molecule has 13 heavy (non-hydrogen) atoms. The quantitative estimate of drug-likeness (QED) is 0.662. The van der Waals surface area contributed by atoms with Crippen molar-refractivity contribution in [3.8, 4) is 0 Å². The Bertz CT molecular complexity index is 269. The summed E-state index contributed by atoms with van der Waals surface area (Å²) in [6.45, 7) is 1.89. The predicted molar refractivity (Wildman–Crippen MR) is 51.7 cm³/mol. The SMILES string of the molecule is CCOS(=O)(=O)C=C1CCCCC1. The summed E-state index contributed by atoms with van der Waals surface area (Å²) in [5.41, 5.74) is 1.01. The maximum atomic E-state index is 11.2. The van der Waals surface area contributed by atoms with Gasteiger partial charge in [-0.25, -0.2) is 0 Å². The second kappa shape index (κ2) is 4.77. The lowest BCUT2D eigenvalue weighted by Gasteiger charge is -2.12. The molecule has 0 aromatic rings. The zero-order valence-electron chi connectivity index (χ0n) is 7.95. The van der Waals surface area contributed by atoms with Crippen molar-refractivity contribution < 1.29 is 12.6 Å². The summed E-state index contributed by atoms with van der Waals surface area (Å²) in [6, 6.07) is 0. The fourth-order valence-corrected chi connectivity index (χ4v) is 2.57. The predicted octanol–water partition coefficient (Wildman–Crippen LogP) is 2.20. The topological polar surface area (TPSA) is 43.4 Å². The first-order valence-corrected chi connectivity index (χ1v) is 6.20. The van der Waals surface area contributed by atoms with Crippen LogP contribution in [-0.2, 0) is 14.3 Å². The smallest absolute Gasteiger partial charge is 0.267 e. The largest absolute Gasteiger partial charge is 0.290 e. The van der Waals surface area contributed by atoms with Gasteiger partial charge in [-0.1, -0.05) is 12.0 Å². The van der Waals surface area contributed by atoms with Gasteiger partial charge in [0, 0.05) is 0 Å². The van der Waals surface area contributed by atoms with E-state index in [1.165, 1.54) is 11.8 Å². The van der Waals surface area contributed by atoms with E-state index in [-0.39, 0.29) is 6.61 Å². The van der Waals surface area contributed by atoms with Crippen molar-refractivity contribution in [3.05, 3.63) is 11.0 Å². The average Bonchev–Trinajstić information content (AvgIpc) is 2.04.